The van der Waals surface area contributed by atoms with Crippen LogP contribution >= 0.6 is 0 Å². The third-order valence-corrected chi connectivity index (χ3v) is 13.3. The molecule has 0 spiro atoms. The Hall–Kier alpha value is -5.97. The fourth-order valence-corrected chi connectivity index (χ4v) is 10.1. The summed E-state index contributed by atoms with van der Waals surface area (Å²) in [6.45, 7) is 3.36. The van der Waals surface area contributed by atoms with E-state index in [1.54, 1.807) is 30.1 Å². The molecule has 2 bridgehead atoms. The zero-order chi connectivity index (χ0) is 42.6. The summed E-state index contributed by atoms with van der Waals surface area (Å²) in [5, 5.41) is 13.6. The number of alkyl halides is 2. The van der Waals surface area contributed by atoms with Crippen LogP contribution in [0.2, 0.25) is 0 Å². The van der Waals surface area contributed by atoms with Crippen molar-refractivity contribution in [2.24, 2.45) is 7.05 Å². The number of nitrogens with one attached hydrogen (secondary N) is 2. The number of imide groups is 1. The van der Waals surface area contributed by atoms with Crippen molar-refractivity contribution in [3.05, 3.63) is 70.2 Å². The monoisotopic (exact) mass is 851 g/mol. The van der Waals surface area contributed by atoms with Crippen LogP contribution in [0.4, 0.5) is 20.3 Å². The van der Waals surface area contributed by atoms with Crippen LogP contribution < -0.4 is 21.2 Å². The number of carbonyl (C=O) groups excluding carboxylic acids is 3. The quantitative estimate of drug-likeness (QED) is 0.163. The van der Waals surface area contributed by atoms with Gasteiger partial charge in [-0.05, 0) is 69.6 Å². The van der Waals surface area contributed by atoms with Crippen molar-refractivity contribution in [1.29, 1.82) is 0 Å². The van der Waals surface area contributed by atoms with Crippen LogP contribution in [0.15, 0.2) is 47.7 Å². The van der Waals surface area contributed by atoms with Gasteiger partial charge in [-0.25, -0.2) is 23.1 Å². The molecule has 1 unspecified atom stereocenters. The standard InChI is InChI=1S/C43H47F2N11O6/c1-51-38-25(4-2-6-33(38)56(43(51)60)34-11-12-36(57)49-42(34)59)5-3-19-61-29-13-16-52(17-14-29)26-7-9-27(10-8-26)55-23-32(37(50-55)39(44)45)47-41(58)31-21-46-54-18-15-35(48-40(31)54)53-22-30-20-28(53)24-62-30/h2,4,6,15,18,21,23,26-30,34,39H,7-14,16-17,19-20,22,24H2,1H3,(H,47,58)(H,49,57,59)/t26-,27-,28-,30-,34?/m1/s1. The van der Waals surface area contributed by atoms with Gasteiger partial charge in [-0.3, -0.25) is 33.5 Å². The average Bonchev–Trinajstić information content (AvgIpc) is 4.13. The molecular formula is C43H47F2N11O6. The number of rotatable bonds is 9. The van der Waals surface area contributed by atoms with Crippen LogP contribution in [0, 0.1) is 11.8 Å². The fraction of sp³-hybridized carbons (Fsp3) is 0.512. The molecule has 4 saturated heterocycles. The Bertz CT molecular complexity index is 2680. The van der Waals surface area contributed by atoms with E-state index in [1.807, 2.05) is 12.1 Å². The Kier molecular flexibility index (Phi) is 10.6. The highest BCUT2D eigenvalue weighted by Crippen LogP contribution is 2.36. The lowest BCUT2D eigenvalue weighted by Crippen LogP contribution is -2.45. The Morgan fingerprint density at radius 3 is 2.60 bits per heavy atom. The fourth-order valence-electron chi connectivity index (χ4n) is 10.1. The van der Waals surface area contributed by atoms with E-state index in [-0.39, 0.29) is 66.6 Å². The predicted octanol–water partition coefficient (Wildman–Crippen LogP) is 3.74. The number of benzene rings is 1. The summed E-state index contributed by atoms with van der Waals surface area (Å²) in [4.78, 5) is 60.5. The minimum Gasteiger partial charge on any atom is -0.374 e. The first-order valence-corrected chi connectivity index (χ1v) is 21.4. The molecule has 0 radical (unpaired) electrons. The van der Waals surface area contributed by atoms with Gasteiger partial charge in [-0.15, -0.1) is 0 Å². The van der Waals surface area contributed by atoms with E-state index < -0.39 is 30.0 Å². The maximum absolute atomic E-state index is 14.3. The highest BCUT2D eigenvalue weighted by molar-refractivity contribution is 6.08. The van der Waals surface area contributed by atoms with Crippen LogP contribution in [0.3, 0.4) is 0 Å². The molecule has 19 heteroatoms. The second-order valence-electron chi connectivity index (χ2n) is 16.9. The number of halogens is 2. The molecule has 4 aromatic heterocycles. The number of ether oxygens (including phenoxy) is 2. The van der Waals surface area contributed by atoms with Crippen molar-refractivity contribution in [2.75, 3.05) is 43.1 Å². The van der Waals surface area contributed by atoms with E-state index in [2.05, 4.69) is 42.5 Å². The van der Waals surface area contributed by atoms with Crippen LogP contribution in [0.5, 0.6) is 0 Å². The molecule has 5 fully saturated rings. The van der Waals surface area contributed by atoms with E-state index >= 15 is 0 Å². The number of imidazole rings is 1. The smallest absolute Gasteiger partial charge is 0.329 e. The molecular weight excluding hydrogens is 805 g/mol. The zero-order valence-corrected chi connectivity index (χ0v) is 34.2. The van der Waals surface area contributed by atoms with E-state index in [9.17, 15) is 28.0 Å². The molecule has 1 aliphatic carbocycles. The molecule has 3 atom stereocenters. The van der Waals surface area contributed by atoms with Crippen molar-refractivity contribution < 1.29 is 32.6 Å². The van der Waals surface area contributed by atoms with Gasteiger partial charge in [0.1, 0.15) is 24.0 Å². The number of anilines is 2. The second kappa shape index (κ2) is 16.4. The number of nitrogens with zero attached hydrogens (tertiary/aromatic N) is 9. The number of hydrogen-bond acceptors (Lipinski definition) is 11. The maximum Gasteiger partial charge on any atom is 0.329 e. The van der Waals surface area contributed by atoms with Gasteiger partial charge in [0.05, 0.1) is 59.4 Å². The van der Waals surface area contributed by atoms with Gasteiger partial charge < -0.3 is 24.6 Å². The number of para-hydroxylation sites is 1. The molecule has 10 rings (SSSR count). The van der Waals surface area contributed by atoms with Gasteiger partial charge in [0, 0.05) is 51.5 Å². The van der Waals surface area contributed by atoms with Gasteiger partial charge in [0.25, 0.3) is 12.3 Å². The molecule has 5 aliphatic rings. The summed E-state index contributed by atoms with van der Waals surface area (Å²) in [6, 6.07) is 7.05. The summed E-state index contributed by atoms with van der Waals surface area (Å²) in [7, 11) is 1.65. The number of fused-ring (bicyclic) bond motifs is 4. The lowest BCUT2D eigenvalue weighted by Gasteiger charge is -2.40. The van der Waals surface area contributed by atoms with Crippen LogP contribution in [0.1, 0.15) is 97.9 Å². The highest BCUT2D eigenvalue weighted by Gasteiger charge is 2.40. The summed E-state index contributed by atoms with van der Waals surface area (Å²) < 4.78 is 46.5. The van der Waals surface area contributed by atoms with Crippen molar-refractivity contribution in [3.8, 4) is 11.8 Å². The topological polar surface area (TPSA) is 175 Å². The number of aryl methyl sites for hydroxylation is 1. The van der Waals surface area contributed by atoms with Crippen molar-refractivity contribution in [3.63, 3.8) is 0 Å². The van der Waals surface area contributed by atoms with E-state index in [0.29, 0.717) is 34.9 Å². The maximum atomic E-state index is 14.3. The lowest BCUT2D eigenvalue weighted by atomic mass is 9.89. The van der Waals surface area contributed by atoms with Crippen LogP contribution in [-0.4, -0.2) is 113 Å². The SMILES string of the molecule is Cn1c(=O)n(C2CCC(=O)NC2=O)c2cccc(C#CCOC3CCN([C@H]4CC[C@H](n5cc(NC(=O)c6cnn7ccc(N8C[C@H]9C[C@@H]8CO9)nc67)c(C(F)F)n5)CC4)CC3)c21. The molecule has 1 saturated carbocycles. The molecule has 1 aromatic carbocycles. The Morgan fingerprint density at radius 1 is 1.05 bits per heavy atom. The molecule has 17 nitrogen and oxygen atoms in total. The molecule has 2 N–H and O–H groups in total. The largest absolute Gasteiger partial charge is 0.374 e. The summed E-state index contributed by atoms with van der Waals surface area (Å²) >= 11 is 0. The molecule has 8 heterocycles. The number of piperidine rings is 2. The normalized spacial score (nSPS) is 24.6. The first kappa shape index (κ1) is 40.1. The Labute approximate surface area is 354 Å². The van der Waals surface area contributed by atoms with Crippen LogP contribution in [-0.2, 0) is 26.1 Å². The number of likely N-dealkylation sites (tertiary alicyclic amines) is 1. The third-order valence-electron chi connectivity index (χ3n) is 13.3. The molecule has 3 amide bonds. The zero-order valence-electron chi connectivity index (χ0n) is 34.2. The third kappa shape index (κ3) is 7.43. The summed E-state index contributed by atoms with van der Waals surface area (Å²) in [6.07, 6.45) is 8.47. The number of morpholine rings is 1. The van der Waals surface area contributed by atoms with Gasteiger partial charge in [-0.1, -0.05) is 17.9 Å². The van der Waals surface area contributed by atoms with Gasteiger partial charge in [-0.2, -0.15) is 10.2 Å². The molecule has 324 valence electrons. The number of amides is 3. The van der Waals surface area contributed by atoms with Gasteiger partial charge in [0.15, 0.2) is 11.3 Å². The summed E-state index contributed by atoms with van der Waals surface area (Å²) in [5.74, 6) is 5.60. The first-order chi connectivity index (χ1) is 30.1. The van der Waals surface area contributed by atoms with Gasteiger partial charge in [0.2, 0.25) is 11.8 Å². The minimum atomic E-state index is -2.87. The number of aromatic nitrogens is 7. The van der Waals surface area contributed by atoms with Gasteiger partial charge >= 0.3 is 5.69 Å². The minimum absolute atomic E-state index is 0.0186. The highest BCUT2D eigenvalue weighted by atomic mass is 19.3. The van der Waals surface area contributed by atoms with Crippen molar-refractivity contribution in [2.45, 2.75) is 101 Å². The predicted molar refractivity (Wildman–Crippen MR) is 221 cm³/mol. The van der Waals surface area contributed by atoms with E-state index in [1.165, 1.54) is 26.0 Å². The van der Waals surface area contributed by atoms with E-state index in [0.717, 1.165) is 70.4 Å². The first-order valence-electron chi connectivity index (χ1n) is 21.4. The molecule has 5 aromatic rings. The average molecular weight is 852 g/mol. The number of hydrogen-bond donors (Lipinski definition) is 2. The second-order valence-corrected chi connectivity index (χ2v) is 16.9. The Balaban J connectivity index is 0.720. The lowest BCUT2D eigenvalue weighted by molar-refractivity contribution is -0.135. The molecule has 4 aliphatic heterocycles. The molecule has 62 heavy (non-hydrogen) atoms. The van der Waals surface area contributed by atoms with Crippen molar-refractivity contribution in [1.82, 2.24) is 43.7 Å². The number of carbonyl (C=O) groups is 3. The van der Waals surface area contributed by atoms with Crippen molar-refractivity contribution >= 4 is 45.9 Å². The Morgan fingerprint density at radius 2 is 1.85 bits per heavy atom. The summed E-state index contributed by atoms with van der Waals surface area (Å²) in [5.41, 5.74) is 1.57. The van der Waals surface area contributed by atoms with E-state index in [4.69, 9.17) is 14.5 Å². The van der Waals surface area contributed by atoms with Crippen LogP contribution in [0.25, 0.3) is 16.7 Å².